The van der Waals surface area contributed by atoms with E-state index in [1.165, 1.54) is 12.1 Å². The van der Waals surface area contributed by atoms with Gasteiger partial charge in [0.1, 0.15) is 5.75 Å². The van der Waals surface area contributed by atoms with Gasteiger partial charge in [0.15, 0.2) is 0 Å². The van der Waals surface area contributed by atoms with Crippen LogP contribution in [0.1, 0.15) is 29.3 Å². The van der Waals surface area contributed by atoms with Gasteiger partial charge in [-0.25, -0.2) is 13.2 Å². The Morgan fingerprint density at radius 2 is 1.92 bits per heavy atom. The van der Waals surface area contributed by atoms with Gasteiger partial charge in [-0.2, -0.15) is 0 Å². The largest absolute Gasteiger partial charge is 0.491 e. The molecule has 24 heavy (non-hydrogen) atoms. The molecule has 0 aliphatic rings. The number of hydrogen-bond acceptors (Lipinski definition) is 4. The minimum absolute atomic E-state index is 0.0762. The average Bonchev–Trinajstić information content (AvgIpc) is 2.53. The van der Waals surface area contributed by atoms with Crippen molar-refractivity contribution in [2.24, 2.45) is 0 Å². The van der Waals surface area contributed by atoms with Gasteiger partial charge in [0.05, 0.1) is 22.8 Å². The lowest BCUT2D eigenvalue weighted by Gasteiger charge is -2.14. The van der Waals surface area contributed by atoms with Crippen molar-refractivity contribution >= 4 is 21.7 Å². The van der Waals surface area contributed by atoms with Gasteiger partial charge in [0.25, 0.3) is 10.0 Å². The second-order valence-corrected chi connectivity index (χ2v) is 6.89. The van der Waals surface area contributed by atoms with Crippen LogP contribution in [0.25, 0.3) is 0 Å². The minimum atomic E-state index is -3.94. The van der Waals surface area contributed by atoms with E-state index in [9.17, 15) is 13.2 Å². The maximum absolute atomic E-state index is 12.7. The van der Waals surface area contributed by atoms with E-state index in [0.717, 1.165) is 12.5 Å². The lowest BCUT2D eigenvalue weighted by molar-refractivity contribution is 0.0696. The number of nitrogens with one attached hydrogen (secondary N) is 1. The fourth-order valence-corrected chi connectivity index (χ4v) is 3.45. The Labute approximate surface area is 141 Å². The summed E-state index contributed by atoms with van der Waals surface area (Å²) in [5.74, 6) is -0.756. The summed E-state index contributed by atoms with van der Waals surface area (Å²) in [6.45, 7) is 4.03. The number of hydrogen-bond donors (Lipinski definition) is 2. The first-order valence-corrected chi connectivity index (χ1v) is 8.92. The number of aromatic carboxylic acids is 1. The van der Waals surface area contributed by atoms with Gasteiger partial charge in [-0.15, -0.1) is 0 Å². The molecule has 0 heterocycles. The van der Waals surface area contributed by atoms with Crippen LogP contribution in [-0.4, -0.2) is 26.1 Å². The predicted octanol–water partition coefficient (Wildman–Crippen LogP) is 3.28. The van der Waals surface area contributed by atoms with Crippen molar-refractivity contribution < 1.29 is 23.1 Å². The van der Waals surface area contributed by atoms with Crippen LogP contribution in [0.5, 0.6) is 5.75 Å². The Kier molecular flexibility index (Phi) is 5.46. The summed E-state index contributed by atoms with van der Waals surface area (Å²) in [5.41, 5.74) is 0.682. The van der Waals surface area contributed by atoms with E-state index in [-0.39, 0.29) is 10.5 Å². The standard InChI is InChI=1S/C17H19NO5S/c1-3-10-23-15-7-5-4-6-14(15)18-24(21,22)16-11-13(17(19)20)9-8-12(16)2/h4-9,11,18H,3,10H2,1-2H3,(H,19,20). The third-order valence-electron chi connectivity index (χ3n) is 3.32. The quantitative estimate of drug-likeness (QED) is 0.800. The van der Waals surface area contributed by atoms with Crippen molar-refractivity contribution in [3.05, 3.63) is 53.6 Å². The molecular weight excluding hydrogens is 330 g/mol. The summed E-state index contributed by atoms with van der Waals surface area (Å²) in [7, 11) is -3.94. The number of anilines is 1. The Morgan fingerprint density at radius 1 is 1.21 bits per heavy atom. The molecule has 0 radical (unpaired) electrons. The van der Waals surface area contributed by atoms with E-state index >= 15 is 0 Å². The molecule has 2 rings (SSSR count). The molecule has 6 nitrogen and oxygen atoms in total. The van der Waals surface area contributed by atoms with E-state index < -0.39 is 16.0 Å². The highest BCUT2D eigenvalue weighted by atomic mass is 32.2. The zero-order valence-electron chi connectivity index (χ0n) is 13.4. The smallest absolute Gasteiger partial charge is 0.335 e. The van der Waals surface area contributed by atoms with Crippen LogP contribution in [0.3, 0.4) is 0 Å². The number of benzene rings is 2. The number of ether oxygens (including phenoxy) is 1. The molecular formula is C17H19NO5S. The predicted molar refractivity (Wildman–Crippen MR) is 91.2 cm³/mol. The molecule has 0 amide bonds. The monoisotopic (exact) mass is 349 g/mol. The number of carboxylic acids is 1. The van der Waals surface area contributed by atoms with Crippen LogP contribution >= 0.6 is 0 Å². The molecule has 0 aliphatic carbocycles. The van der Waals surface area contributed by atoms with Crippen molar-refractivity contribution in [3.8, 4) is 5.75 Å². The fraction of sp³-hybridized carbons (Fsp3) is 0.235. The summed E-state index contributed by atoms with van der Waals surface area (Å²) in [6, 6.07) is 10.7. The van der Waals surface area contributed by atoms with Crippen molar-refractivity contribution in [2.45, 2.75) is 25.2 Å². The van der Waals surface area contributed by atoms with Crippen LogP contribution in [-0.2, 0) is 10.0 Å². The van der Waals surface area contributed by atoms with Gasteiger partial charge in [-0.05, 0) is 43.2 Å². The Morgan fingerprint density at radius 3 is 2.58 bits per heavy atom. The van der Waals surface area contributed by atoms with Gasteiger partial charge < -0.3 is 9.84 Å². The summed E-state index contributed by atoms with van der Waals surface area (Å²) < 4.78 is 33.3. The lowest BCUT2D eigenvalue weighted by Crippen LogP contribution is -2.16. The highest BCUT2D eigenvalue weighted by Crippen LogP contribution is 2.28. The molecule has 0 spiro atoms. The fourth-order valence-electron chi connectivity index (χ4n) is 2.11. The van der Waals surface area contributed by atoms with E-state index in [4.69, 9.17) is 9.84 Å². The number of rotatable bonds is 7. The van der Waals surface area contributed by atoms with Crippen molar-refractivity contribution in [3.63, 3.8) is 0 Å². The molecule has 0 unspecified atom stereocenters. The molecule has 128 valence electrons. The molecule has 7 heteroatoms. The molecule has 2 aromatic rings. The third kappa shape index (κ3) is 4.05. The van der Waals surface area contributed by atoms with Gasteiger partial charge in [-0.1, -0.05) is 25.1 Å². The molecule has 2 aromatic carbocycles. The number of aryl methyl sites for hydroxylation is 1. The molecule has 0 saturated carbocycles. The second kappa shape index (κ2) is 7.35. The van der Waals surface area contributed by atoms with Crippen LogP contribution in [0, 0.1) is 6.92 Å². The average molecular weight is 349 g/mol. The summed E-state index contributed by atoms with van der Waals surface area (Å²) >= 11 is 0. The first-order valence-electron chi connectivity index (χ1n) is 7.43. The Balaban J connectivity index is 2.39. The molecule has 2 N–H and O–H groups in total. The molecule has 0 atom stereocenters. The zero-order valence-corrected chi connectivity index (χ0v) is 14.3. The first-order chi connectivity index (χ1) is 11.3. The van der Waals surface area contributed by atoms with Crippen molar-refractivity contribution in [1.82, 2.24) is 0 Å². The van der Waals surface area contributed by atoms with Gasteiger partial charge in [-0.3, -0.25) is 4.72 Å². The summed E-state index contributed by atoms with van der Waals surface area (Å²) in [6.07, 6.45) is 0.793. The van der Waals surface area contributed by atoms with Crippen molar-refractivity contribution in [1.29, 1.82) is 0 Å². The van der Waals surface area contributed by atoms with Crippen molar-refractivity contribution in [2.75, 3.05) is 11.3 Å². The third-order valence-corrected chi connectivity index (χ3v) is 4.83. The number of carboxylic acid groups (broad SMARTS) is 1. The maximum atomic E-state index is 12.7. The molecule has 0 fully saturated rings. The second-order valence-electron chi connectivity index (χ2n) is 5.24. The minimum Gasteiger partial charge on any atom is -0.491 e. The normalized spacial score (nSPS) is 11.1. The van der Waals surface area contributed by atoms with E-state index in [1.54, 1.807) is 31.2 Å². The molecule has 0 aromatic heterocycles. The Bertz CT molecular complexity index is 846. The maximum Gasteiger partial charge on any atom is 0.335 e. The zero-order chi connectivity index (χ0) is 17.7. The van der Waals surface area contributed by atoms with Crippen LogP contribution in [0.15, 0.2) is 47.4 Å². The van der Waals surface area contributed by atoms with E-state index in [1.807, 2.05) is 6.92 Å². The lowest BCUT2D eigenvalue weighted by atomic mass is 10.1. The molecule has 0 saturated heterocycles. The van der Waals surface area contributed by atoms with Gasteiger partial charge in [0.2, 0.25) is 0 Å². The van der Waals surface area contributed by atoms with Crippen LogP contribution in [0.4, 0.5) is 5.69 Å². The number of carbonyl (C=O) groups is 1. The Hall–Kier alpha value is -2.54. The first kappa shape index (κ1) is 17.8. The molecule has 0 bridgehead atoms. The van der Waals surface area contributed by atoms with E-state index in [2.05, 4.69) is 4.72 Å². The summed E-state index contributed by atoms with van der Waals surface area (Å²) in [5, 5.41) is 9.06. The van der Waals surface area contributed by atoms with Gasteiger partial charge >= 0.3 is 5.97 Å². The topological polar surface area (TPSA) is 92.7 Å². The number of sulfonamides is 1. The molecule has 0 aliphatic heterocycles. The van der Waals surface area contributed by atoms with E-state index in [0.29, 0.717) is 23.6 Å². The van der Waals surface area contributed by atoms with Gasteiger partial charge in [0, 0.05) is 0 Å². The highest BCUT2D eigenvalue weighted by Gasteiger charge is 2.20. The number of para-hydroxylation sites is 2. The van der Waals surface area contributed by atoms with Crippen LogP contribution < -0.4 is 9.46 Å². The summed E-state index contributed by atoms with van der Waals surface area (Å²) in [4.78, 5) is 11.0. The highest BCUT2D eigenvalue weighted by molar-refractivity contribution is 7.92. The van der Waals surface area contributed by atoms with Crippen LogP contribution in [0.2, 0.25) is 0 Å². The SMILES string of the molecule is CCCOc1ccccc1NS(=O)(=O)c1cc(C(=O)O)ccc1C.